The van der Waals surface area contributed by atoms with Gasteiger partial charge in [0.05, 0.1) is 6.42 Å². The lowest BCUT2D eigenvalue weighted by Gasteiger charge is -2.06. The lowest BCUT2D eigenvalue weighted by molar-refractivity contribution is -0.115. The summed E-state index contributed by atoms with van der Waals surface area (Å²) in [5.41, 5.74) is 2.33. The fourth-order valence-corrected chi connectivity index (χ4v) is 2.52. The third-order valence-electron chi connectivity index (χ3n) is 3.06. The molecule has 0 aromatic heterocycles. The zero-order chi connectivity index (χ0) is 13.7. The summed E-state index contributed by atoms with van der Waals surface area (Å²) in [5.74, 6) is 1.04. The van der Waals surface area contributed by atoms with Crippen LogP contribution in [0.1, 0.15) is 28.8 Å². The molecule has 0 saturated carbocycles. The van der Waals surface area contributed by atoms with Crippen LogP contribution < -0.4 is 10.6 Å². The van der Waals surface area contributed by atoms with E-state index < -0.39 is 0 Å². The molecule has 1 aromatic carbocycles. The summed E-state index contributed by atoms with van der Waals surface area (Å²) in [5, 5.41) is 5.65. The smallest absolute Gasteiger partial charge is 0.251 e. The predicted octanol–water partition coefficient (Wildman–Crippen LogP) is 2.05. The second-order valence-corrected chi connectivity index (χ2v) is 5.54. The number of hydrogen-bond acceptors (Lipinski definition) is 3. The molecular weight excluding hydrogens is 260 g/mol. The van der Waals surface area contributed by atoms with Gasteiger partial charge in [0.25, 0.3) is 5.91 Å². The van der Waals surface area contributed by atoms with E-state index in [0.29, 0.717) is 18.5 Å². The molecule has 1 aliphatic rings. The Morgan fingerprint density at radius 1 is 1.42 bits per heavy atom. The minimum absolute atomic E-state index is 0.00961. The second-order valence-electron chi connectivity index (χ2n) is 4.55. The van der Waals surface area contributed by atoms with E-state index in [1.54, 1.807) is 12.1 Å². The van der Waals surface area contributed by atoms with Crippen LogP contribution in [-0.2, 0) is 11.2 Å². The van der Waals surface area contributed by atoms with Crippen LogP contribution in [0.5, 0.6) is 0 Å². The largest absolute Gasteiger partial charge is 0.352 e. The molecule has 0 bridgehead atoms. The number of carbonyl (C=O) groups excluding carboxylic acids is 2. The standard InChI is InChI=1S/C14H18N2O2S/c1-19-7-3-2-6-15-14(18)11-5-4-10-9-13(17)16-12(10)8-11/h4-5,8H,2-3,6-7,9H2,1H3,(H,15,18)(H,16,17). The maximum absolute atomic E-state index is 11.9. The number of hydrogen-bond donors (Lipinski definition) is 2. The first-order chi connectivity index (χ1) is 9.20. The Morgan fingerprint density at radius 2 is 2.26 bits per heavy atom. The van der Waals surface area contributed by atoms with E-state index in [0.717, 1.165) is 29.8 Å². The monoisotopic (exact) mass is 278 g/mol. The molecule has 2 rings (SSSR count). The third-order valence-corrected chi connectivity index (χ3v) is 3.75. The summed E-state index contributed by atoms with van der Waals surface area (Å²) in [6.07, 6.45) is 4.60. The van der Waals surface area contributed by atoms with E-state index in [4.69, 9.17) is 0 Å². The fourth-order valence-electron chi connectivity index (χ4n) is 2.03. The Kier molecular flexibility index (Phi) is 4.85. The first-order valence-corrected chi connectivity index (χ1v) is 7.80. The van der Waals surface area contributed by atoms with Crippen LogP contribution in [0.4, 0.5) is 5.69 Å². The van der Waals surface area contributed by atoms with Gasteiger partial charge >= 0.3 is 0 Å². The van der Waals surface area contributed by atoms with Crippen molar-refractivity contribution in [3.8, 4) is 0 Å². The van der Waals surface area contributed by atoms with E-state index in [1.807, 2.05) is 17.8 Å². The van der Waals surface area contributed by atoms with Gasteiger partial charge in [-0.2, -0.15) is 11.8 Å². The third kappa shape index (κ3) is 3.73. The van der Waals surface area contributed by atoms with Crippen LogP contribution >= 0.6 is 11.8 Å². The van der Waals surface area contributed by atoms with Crippen LogP contribution in [0.15, 0.2) is 18.2 Å². The summed E-state index contributed by atoms with van der Waals surface area (Å²) < 4.78 is 0. The second kappa shape index (κ2) is 6.61. The van der Waals surface area contributed by atoms with Gasteiger partial charge in [-0.15, -0.1) is 0 Å². The Labute approximate surface area is 117 Å². The van der Waals surface area contributed by atoms with Crippen LogP contribution in [0.2, 0.25) is 0 Å². The molecule has 5 heteroatoms. The molecule has 0 fully saturated rings. The Balaban J connectivity index is 1.86. The molecule has 1 aromatic rings. The number of benzene rings is 1. The number of unbranched alkanes of at least 4 members (excludes halogenated alkanes) is 1. The maximum atomic E-state index is 11.9. The van der Waals surface area contributed by atoms with Gasteiger partial charge in [0, 0.05) is 17.8 Å². The Hall–Kier alpha value is -1.49. The highest BCUT2D eigenvalue weighted by Crippen LogP contribution is 2.23. The van der Waals surface area contributed by atoms with Crippen molar-refractivity contribution >= 4 is 29.3 Å². The summed E-state index contributed by atoms with van der Waals surface area (Å²) in [6.45, 7) is 0.697. The highest BCUT2D eigenvalue weighted by atomic mass is 32.2. The number of thioether (sulfide) groups is 1. The minimum atomic E-state index is -0.0758. The van der Waals surface area contributed by atoms with E-state index in [1.165, 1.54) is 0 Å². The Morgan fingerprint density at radius 3 is 3.05 bits per heavy atom. The molecule has 0 spiro atoms. The predicted molar refractivity (Wildman–Crippen MR) is 78.7 cm³/mol. The first kappa shape index (κ1) is 13.9. The maximum Gasteiger partial charge on any atom is 0.251 e. The normalized spacial score (nSPS) is 13.0. The van der Waals surface area contributed by atoms with Gasteiger partial charge in [-0.3, -0.25) is 9.59 Å². The van der Waals surface area contributed by atoms with Gasteiger partial charge in [-0.25, -0.2) is 0 Å². The van der Waals surface area contributed by atoms with Gasteiger partial charge in [0.2, 0.25) is 5.91 Å². The topological polar surface area (TPSA) is 58.2 Å². The molecule has 0 saturated heterocycles. The van der Waals surface area contributed by atoms with Gasteiger partial charge in [-0.05, 0) is 42.5 Å². The quantitative estimate of drug-likeness (QED) is 0.783. The molecule has 19 heavy (non-hydrogen) atoms. The molecule has 2 amide bonds. The average molecular weight is 278 g/mol. The van der Waals surface area contributed by atoms with Crippen LogP contribution in [0, 0.1) is 0 Å². The summed E-state index contributed by atoms with van der Waals surface area (Å²) in [6, 6.07) is 5.36. The molecule has 1 aliphatic heterocycles. The molecule has 4 nitrogen and oxygen atoms in total. The molecule has 2 N–H and O–H groups in total. The lowest BCUT2D eigenvalue weighted by Crippen LogP contribution is -2.24. The van der Waals surface area contributed by atoms with Crippen molar-refractivity contribution < 1.29 is 9.59 Å². The zero-order valence-electron chi connectivity index (χ0n) is 11.0. The number of anilines is 1. The van der Waals surface area contributed by atoms with Crippen molar-refractivity contribution in [2.45, 2.75) is 19.3 Å². The van der Waals surface area contributed by atoms with Crippen molar-refractivity contribution in [3.63, 3.8) is 0 Å². The van der Waals surface area contributed by atoms with E-state index in [2.05, 4.69) is 16.9 Å². The van der Waals surface area contributed by atoms with Crippen molar-refractivity contribution in [2.75, 3.05) is 23.9 Å². The van der Waals surface area contributed by atoms with Crippen LogP contribution in [0.3, 0.4) is 0 Å². The molecular formula is C14H18N2O2S. The van der Waals surface area contributed by atoms with Gasteiger partial charge < -0.3 is 10.6 Å². The number of nitrogens with one attached hydrogen (secondary N) is 2. The highest BCUT2D eigenvalue weighted by Gasteiger charge is 2.18. The van der Waals surface area contributed by atoms with E-state index in [9.17, 15) is 9.59 Å². The number of rotatable bonds is 6. The number of carbonyl (C=O) groups is 2. The minimum Gasteiger partial charge on any atom is -0.352 e. The fraction of sp³-hybridized carbons (Fsp3) is 0.429. The zero-order valence-corrected chi connectivity index (χ0v) is 11.8. The molecule has 102 valence electrons. The van der Waals surface area contributed by atoms with Crippen molar-refractivity contribution in [3.05, 3.63) is 29.3 Å². The summed E-state index contributed by atoms with van der Waals surface area (Å²) in [7, 11) is 0. The number of amides is 2. The van der Waals surface area contributed by atoms with Gasteiger partial charge in [0.15, 0.2) is 0 Å². The number of fused-ring (bicyclic) bond motifs is 1. The van der Waals surface area contributed by atoms with Crippen molar-refractivity contribution in [1.29, 1.82) is 0 Å². The lowest BCUT2D eigenvalue weighted by atomic mass is 10.1. The molecule has 0 aliphatic carbocycles. The first-order valence-electron chi connectivity index (χ1n) is 6.40. The van der Waals surface area contributed by atoms with Crippen molar-refractivity contribution in [2.24, 2.45) is 0 Å². The molecule has 0 unspecified atom stereocenters. The van der Waals surface area contributed by atoms with Crippen LogP contribution in [-0.4, -0.2) is 30.4 Å². The molecule has 1 heterocycles. The van der Waals surface area contributed by atoms with Gasteiger partial charge in [-0.1, -0.05) is 6.07 Å². The highest BCUT2D eigenvalue weighted by molar-refractivity contribution is 7.98. The van der Waals surface area contributed by atoms with Gasteiger partial charge in [0.1, 0.15) is 0 Å². The molecule has 0 atom stereocenters. The van der Waals surface area contributed by atoms with Crippen molar-refractivity contribution in [1.82, 2.24) is 5.32 Å². The van der Waals surface area contributed by atoms with E-state index in [-0.39, 0.29) is 11.8 Å². The summed E-state index contributed by atoms with van der Waals surface area (Å²) in [4.78, 5) is 23.2. The van der Waals surface area contributed by atoms with E-state index >= 15 is 0 Å². The average Bonchev–Trinajstić information content (AvgIpc) is 2.77. The van der Waals surface area contributed by atoms with Crippen LogP contribution in [0.25, 0.3) is 0 Å². The Bertz CT molecular complexity index is 488. The molecule has 0 radical (unpaired) electrons. The SMILES string of the molecule is CSCCCCNC(=O)c1ccc2c(c1)NC(=O)C2. The summed E-state index contributed by atoms with van der Waals surface area (Å²) >= 11 is 1.82.